The Bertz CT molecular complexity index is 766. The van der Waals surface area contributed by atoms with Crippen LogP contribution in [0.4, 0.5) is 10.3 Å². The van der Waals surface area contributed by atoms with Gasteiger partial charge in [-0.2, -0.15) is 4.98 Å². The third-order valence-electron chi connectivity index (χ3n) is 3.58. The molecule has 9 heteroatoms. The summed E-state index contributed by atoms with van der Waals surface area (Å²) in [6, 6.07) is 5.71. The number of carbonyl (C=O) groups is 2. The zero-order chi connectivity index (χ0) is 17.1. The summed E-state index contributed by atoms with van der Waals surface area (Å²) in [6.45, 7) is 1.72. The normalized spacial score (nSPS) is 20.5. The predicted molar refractivity (Wildman–Crippen MR) is 88.0 cm³/mol. The summed E-state index contributed by atoms with van der Waals surface area (Å²) in [6.07, 6.45) is 0.289. The van der Waals surface area contributed by atoms with E-state index in [0.717, 1.165) is 0 Å². The quantitative estimate of drug-likeness (QED) is 0.766. The van der Waals surface area contributed by atoms with Crippen LogP contribution in [0.5, 0.6) is 0 Å². The lowest BCUT2D eigenvalue weighted by molar-refractivity contribution is -0.126. The summed E-state index contributed by atoms with van der Waals surface area (Å²) in [7, 11) is 0. The number of benzene rings is 1. The van der Waals surface area contributed by atoms with Crippen LogP contribution in [0.3, 0.4) is 0 Å². The topological polar surface area (TPSA) is 99.8 Å². The fraction of sp³-hybridized carbons (Fsp3) is 0.333. The molecule has 1 saturated heterocycles. The maximum Gasteiger partial charge on any atom is 0.250 e. The molecule has 126 valence electrons. The molecule has 1 aliphatic heterocycles. The van der Waals surface area contributed by atoms with E-state index in [2.05, 4.69) is 25.8 Å². The highest BCUT2D eigenvalue weighted by Crippen LogP contribution is 2.23. The molecule has 0 spiro atoms. The van der Waals surface area contributed by atoms with Crippen LogP contribution in [0.25, 0.3) is 0 Å². The van der Waals surface area contributed by atoms with Gasteiger partial charge >= 0.3 is 0 Å². The van der Waals surface area contributed by atoms with Crippen molar-refractivity contribution in [2.75, 3.05) is 11.1 Å². The number of hydrogen-bond donors (Lipinski definition) is 3. The number of nitrogens with one attached hydrogen (secondary N) is 3. The molecule has 24 heavy (non-hydrogen) atoms. The fourth-order valence-corrected chi connectivity index (χ4v) is 3.52. The molecule has 0 radical (unpaired) electrons. The third-order valence-corrected chi connectivity index (χ3v) is 4.89. The number of aromatic nitrogens is 3. The predicted octanol–water partition coefficient (Wildman–Crippen LogP) is 1.03. The zero-order valence-corrected chi connectivity index (χ0v) is 13.7. The number of thioether (sulfide) groups is 1. The molecule has 0 bridgehead atoms. The van der Waals surface area contributed by atoms with E-state index in [0.29, 0.717) is 17.1 Å². The minimum atomic E-state index is -0.668. The Labute approximate surface area is 141 Å². The van der Waals surface area contributed by atoms with Gasteiger partial charge in [-0.25, -0.2) is 4.39 Å². The lowest BCUT2D eigenvalue weighted by Crippen LogP contribution is -2.53. The van der Waals surface area contributed by atoms with Crippen LogP contribution in [-0.4, -0.2) is 44.0 Å². The van der Waals surface area contributed by atoms with E-state index >= 15 is 0 Å². The van der Waals surface area contributed by atoms with Crippen molar-refractivity contribution in [3.63, 3.8) is 0 Å². The highest BCUT2D eigenvalue weighted by atomic mass is 32.2. The molecule has 0 aliphatic carbocycles. The highest BCUT2D eigenvalue weighted by molar-refractivity contribution is 8.00. The smallest absolute Gasteiger partial charge is 0.250 e. The largest absolute Gasteiger partial charge is 0.343 e. The summed E-state index contributed by atoms with van der Waals surface area (Å²) in [4.78, 5) is 28.3. The van der Waals surface area contributed by atoms with Crippen molar-refractivity contribution >= 4 is 29.5 Å². The second kappa shape index (κ2) is 7.00. The lowest BCUT2D eigenvalue weighted by Gasteiger charge is -2.27. The van der Waals surface area contributed by atoms with Crippen LogP contribution in [0.15, 0.2) is 24.3 Å². The molecule has 0 saturated carbocycles. The summed E-state index contributed by atoms with van der Waals surface area (Å²) in [5.74, 6) is 0.174. The Hall–Kier alpha value is -2.42. The monoisotopic (exact) mass is 349 g/mol. The van der Waals surface area contributed by atoms with Gasteiger partial charge in [-0.1, -0.05) is 18.2 Å². The van der Waals surface area contributed by atoms with Crippen LogP contribution in [0.1, 0.15) is 11.4 Å². The minimum Gasteiger partial charge on any atom is -0.343 e. The number of aromatic amines is 1. The molecule has 3 N–H and O–H groups in total. The highest BCUT2D eigenvalue weighted by Gasteiger charge is 2.33. The van der Waals surface area contributed by atoms with Crippen molar-refractivity contribution < 1.29 is 14.0 Å². The van der Waals surface area contributed by atoms with Crippen molar-refractivity contribution in [2.24, 2.45) is 0 Å². The summed E-state index contributed by atoms with van der Waals surface area (Å²) < 4.78 is 13.7. The van der Waals surface area contributed by atoms with Crippen LogP contribution in [0.2, 0.25) is 0 Å². The Balaban J connectivity index is 1.58. The van der Waals surface area contributed by atoms with Crippen molar-refractivity contribution in [3.8, 4) is 0 Å². The van der Waals surface area contributed by atoms with E-state index in [4.69, 9.17) is 0 Å². The molecular formula is C15H16FN5O2S. The standard InChI is InChI=1S/C15H16FN5O2S/c1-8-17-15(21-20-8)19-13(22)11-7-24-12(14(23)18-11)6-9-4-2-3-5-10(9)16/h2-5,11-12H,6-7H2,1H3,(H,18,23)(H2,17,19,20,21,22)/t11-,12-/m0/s1. The molecular weight excluding hydrogens is 333 g/mol. The number of rotatable bonds is 4. The molecule has 1 aliphatic rings. The molecule has 0 unspecified atom stereocenters. The molecule has 2 heterocycles. The van der Waals surface area contributed by atoms with Gasteiger partial charge in [0.15, 0.2) is 0 Å². The molecule has 7 nitrogen and oxygen atoms in total. The number of H-pyrrole nitrogens is 1. The Morgan fingerprint density at radius 3 is 2.92 bits per heavy atom. The van der Waals surface area contributed by atoms with Gasteiger partial charge in [0, 0.05) is 5.75 Å². The molecule has 1 aromatic heterocycles. The average Bonchev–Trinajstić information content (AvgIpc) is 2.96. The Morgan fingerprint density at radius 2 is 2.25 bits per heavy atom. The van der Waals surface area contributed by atoms with E-state index in [1.807, 2.05) is 0 Å². The number of carbonyl (C=O) groups excluding carboxylic acids is 2. The molecule has 1 aromatic carbocycles. The van der Waals surface area contributed by atoms with E-state index in [9.17, 15) is 14.0 Å². The first-order valence-corrected chi connectivity index (χ1v) is 8.43. The number of nitrogens with zero attached hydrogens (tertiary/aromatic N) is 2. The number of amides is 2. The van der Waals surface area contributed by atoms with Crippen molar-refractivity contribution in [1.29, 1.82) is 0 Å². The van der Waals surface area contributed by atoms with Crippen LogP contribution in [0, 0.1) is 12.7 Å². The molecule has 1 fully saturated rings. The number of aryl methyl sites for hydroxylation is 1. The van der Waals surface area contributed by atoms with Crippen molar-refractivity contribution in [1.82, 2.24) is 20.5 Å². The van der Waals surface area contributed by atoms with Gasteiger partial charge in [0.1, 0.15) is 17.7 Å². The van der Waals surface area contributed by atoms with Crippen LogP contribution < -0.4 is 10.6 Å². The van der Waals surface area contributed by atoms with E-state index in [1.54, 1.807) is 25.1 Å². The van der Waals surface area contributed by atoms with Crippen LogP contribution >= 0.6 is 11.8 Å². The first kappa shape index (κ1) is 16.4. The van der Waals surface area contributed by atoms with Gasteiger partial charge in [0.2, 0.25) is 17.8 Å². The fourth-order valence-electron chi connectivity index (χ4n) is 2.35. The van der Waals surface area contributed by atoms with Gasteiger partial charge in [-0.05, 0) is 25.0 Å². The van der Waals surface area contributed by atoms with Gasteiger partial charge < -0.3 is 5.32 Å². The van der Waals surface area contributed by atoms with Gasteiger partial charge in [-0.3, -0.25) is 20.0 Å². The minimum absolute atomic E-state index is 0.172. The summed E-state index contributed by atoms with van der Waals surface area (Å²) in [5, 5.41) is 11.2. The first-order valence-electron chi connectivity index (χ1n) is 7.38. The molecule has 2 amide bonds. The van der Waals surface area contributed by atoms with E-state index in [-0.39, 0.29) is 30.0 Å². The van der Waals surface area contributed by atoms with E-state index in [1.165, 1.54) is 17.8 Å². The second-order valence-corrected chi connectivity index (χ2v) is 6.65. The number of halogens is 1. The van der Waals surface area contributed by atoms with Crippen molar-refractivity contribution in [2.45, 2.75) is 24.6 Å². The first-order chi connectivity index (χ1) is 11.5. The van der Waals surface area contributed by atoms with Crippen molar-refractivity contribution in [3.05, 3.63) is 41.5 Å². The average molecular weight is 349 g/mol. The van der Waals surface area contributed by atoms with Gasteiger partial charge in [-0.15, -0.1) is 16.9 Å². The van der Waals surface area contributed by atoms with Crippen LogP contribution in [-0.2, 0) is 16.0 Å². The molecule has 3 rings (SSSR count). The number of hydrogen-bond acceptors (Lipinski definition) is 5. The van der Waals surface area contributed by atoms with E-state index < -0.39 is 11.3 Å². The lowest BCUT2D eigenvalue weighted by atomic mass is 10.1. The second-order valence-electron chi connectivity index (χ2n) is 5.41. The SMILES string of the molecule is Cc1nc(NC(=O)[C@@H]2CS[C@@H](Cc3ccccc3F)C(=O)N2)n[nH]1. The zero-order valence-electron chi connectivity index (χ0n) is 12.9. The maximum absolute atomic E-state index is 13.7. The third kappa shape index (κ3) is 3.73. The summed E-state index contributed by atoms with van der Waals surface area (Å²) in [5.41, 5.74) is 0.490. The maximum atomic E-state index is 13.7. The summed E-state index contributed by atoms with van der Waals surface area (Å²) >= 11 is 1.34. The Morgan fingerprint density at radius 1 is 1.46 bits per heavy atom. The number of anilines is 1. The molecule has 2 atom stereocenters. The molecule has 2 aromatic rings. The Kier molecular flexibility index (Phi) is 4.79. The van der Waals surface area contributed by atoms with Gasteiger partial charge in [0.05, 0.1) is 5.25 Å². The van der Waals surface area contributed by atoms with Gasteiger partial charge in [0.25, 0.3) is 0 Å².